The fourth-order valence-corrected chi connectivity index (χ4v) is 2.93. The Kier molecular flexibility index (Phi) is 5.64. The summed E-state index contributed by atoms with van der Waals surface area (Å²) in [7, 11) is 1.63. The zero-order valence-electron chi connectivity index (χ0n) is 14.4. The molecular weight excluding hydrogens is 316 g/mol. The average Bonchev–Trinajstić information content (AvgIpc) is 2.94. The van der Waals surface area contributed by atoms with Gasteiger partial charge in [-0.25, -0.2) is 13.6 Å². The molecule has 0 aromatic heterocycles. The summed E-state index contributed by atoms with van der Waals surface area (Å²) >= 11 is 0. The molecule has 1 aliphatic heterocycles. The standard InChI is InChI=1S/C17H25F2N3O2/c1-17(2,24)11-21(3)16(23)20-9-12-6-7-22(10-12)13-4-5-14(18)15(19)8-13/h4-5,8,12,24H,6-7,9-11H2,1-3H3,(H,20,23). The second kappa shape index (κ2) is 7.34. The van der Waals surface area contributed by atoms with Gasteiger partial charge in [-0.3, -0.25) is 0 Å². The number of hydrogen-bond acceptors (Lipinski definition) is 3. The first-order chi connectivity index (χ1) is 11.2. The molecule has 5 nitrogen and oxygen atoms in total. The highest BCUT2D eigenvalue weighted by Gasteiger charge is 2.25. The summed E-state index contributed by atoms with van der Waals surface area (Å²) in [5.74, 6) is -1.45. The number of rotatable bonds is 5. The van der Waals surface area contributed by atoms with Gasteiger partial charge in [-0.15, -0.1) is 0 Å². The number of benzene rings is 1. The summed E-state index contributed by atoms with van der Waals surface area (Å²) in [5, 5.41) is 12.6. The highest BCUT2D eigenvalue weighted by Crippen LogP contribution is 2.25. The minimum absolute atomic E-state index is 0.233. The maximum absolute atomic E-state index is 13.3. The summed E-state index contributed by atoms with van der Waals surface area (Å²) in [5.41, 5.74) is -0.287. The number of carbonyl (C=O) groups is 1. The van der Waals surface area contributed by atoms with Gasteiger partial charge < -0.3 is 20.2 Å². The van der Waals surface area contributed by atoms with E-state index < -0.39 is 17.2 Å². The smallest absolute Gasteiger partial charge is 0.317 e. The van der Waals surface area contributed by atoms with E-state index in [2.05, 4.69) is 5.32 Å². The molecule has 1 unspecified atom stereocenters. The third-order valence-electron chi connectivity index (χ3n) is 4.07. The number of halogens is 2. The topological polar surface area (TPSA) is 55.8 Å². The van der Waals surface area contributed by atoms with Crippen LogP contribution < -0.4 is 10.2 Å². The summed E-state index contributed by atoms with van der Waals surface area (Å²) in [6, 6.07) is 3.67. The lowest BCUT2D eigenvalue weighted by atomic mass is 10.1. The normalized spacial score (nSPS) is 17.9. The van der Waals surface area contributed by atoms with Gasteiger partial charge in [0.2, 0.25) is 0 Å². The molecule has 1 saturated heterocycles. The number of amides is 2. The van der Waals surface area contributed by atoms with E-state index in [0.29, 0.717) is 18.8 Å². The van der Waals surface area contributed by atoms with Crippen LogP contribution in [0, 0.1) is 17.6 Å². The molecule has 2 N–H and O–H groups in total. The van der Waals surface area contributed by atoms with Gasteiger partial charge in [-0.2, -0.15) is 0 Å². The second-order valence-electron chi connectivity index (χ2n) is 7.05. The number of hydrogen-bond donors (Lipinski definition) is 2. The van der Waals surface area contributed by atoms with E-state index in [0.717, 1.165) is 19.0 Å². The molecule has 7 heteroatoms. The molecule has 0 spiro atoms. The first-order valence-electron chi connectivity index (χ1n) is 8.07. The third kappa shape index (κ3) is 5.06. The maximum atomic E-state index is 13.3. The largest absolute Gasteiger partial charge is 0.389 e. The number of aliphatic hydroxyl groups is 1. The molecule has 134 valence electrons. The lowest BCUT2D eigenvalue weighted by Crippen LogP contribution is -2.45. The Morgan fingerprint density at radius 1 is 1.42 bits per heavy atom. The predicted octanol–water partition coefficient (Wildman–Crippen LogP) is 2.20. The van der Waals surface area contributed by atoms with Crippen LogP contribution in [-0.4, -0.2) is 54.9 Å². The van der Waals surface area contributed by atoms with Crippen molar-refractivity contribution in [2.45, 2.75) is 25.9 Å². The molecule has 1 atom stereocenters. The molecular formula is C17H25F2N3O2. The van der Waals surface area contributed by atoms with E-state index in [9.17, 15) is 18.7 Å². The van der Waals surface area contributed by atoms with Crippen LogP contribution >= 0.6 is 0 Å². The van der Waals surface area contributed by atoms with Gasteiger partial charge in [0.1, 0.15) is 0 Å². The van der Waals surface area contributed by atoms with Gasteiger partial charge in [0.05, 0.1) is 12.1 Å². The van der Waals surface area contributed by atoms with E-state index in [1.54, 1.807) is 27.0 Å². The molecule has 0 radical (unpaired) electrons. The Hall–Kier alpha value is -1.89. The van der Waals surface area contributed by atoms with Crippen LogP contribution in [0.1, 0.15) is 20.3 Å². The molecule has 1 aliphatic rings. The summed E-state index contributed by atoms with van der Waals surface area (Å²) in [6.45, 7) is 5.46. The Morgan fingerprint density at radius 3 is 2.75 bits per heavy atom. The number of anilines is 1. The van der Waals surface area contributed by atoms with Crippen molar-refractivity contribution in [3.05, 3.63) is 29.8 Å². The van der Waals surface area contributed by atoms with Crippen LogP contribution in [0.15, 0.2) is 18.2 Å². The Balaban J connectivity index is 1.81. The number of likely N-dealkylation sites (N-methyl/N-ethyl adjacent to an activating group) is 1. The van der Waals surface area contributed by atoms with Crippen LogP contribution in [0.3, 0.4) is 0 Å². The minimum Gasteiger partial charge on any atom is -0.389 e. The van der Waals surface area contributed by atoms with E-state index in [4.69, 9.17) is 0 Å². The van der Waals surface area contributed by atoms with Gasteiger partial charge in [-0.1, -0.05) is 0 Å². The van der Waals surface area contributed by atoms with Crippen LogP contribution in [0.5, 0.6) is 0 Å². The second-order valence-corrected chi connectivity index (χ2v) is 7.05. The van der Waals surface area contributed by atoms with Crippen molar-refractivity contribution in [3.63, 3.8) is 0 Å². The zero-order valence-corrected chi connectivity index (χ0v) is 14.4. The number of nitrogens with zero attached hydrogens (tertiary/aromatic N) is 2. The van der Waals surface area contributed by atoms with Crippen molar-refractivity contribution >= 4 is 11.7 Å². The fourth-order valence-electron chi connectivity index (χ4n) is 2.93. The van der Waals surface area contributed by atoms with Crippen molar-refractivity contribution in [1.29, 1.82) is 0 Å². The number of nitrogens with one attached hydrogen (secondary N) is 1. The molecule has 1 heterocycles. The fraction of sp³-hybridized carbons (Fsp3) is 0.588. The van der Waals surface area contributed by atoms with Crippen molar-refractivity contribution in [3.8, 4) is 0 Å². The molecule has 1 aromatic rings. The van der Waals surface area contributed by atoms with Gasteiger partial charge in [-0.05, 0) is 38.3 Å². The number of urea groups is 1. The number of carbonyl (C=O) groups excluding carboxylic acids is 1. The Labute approximate surface area is 141 Å². The molecule has 0 saturated carbocycles. The van der Waals surface area contributed by atoms with E-state index in [-0.39, 0.29) is 18.5 Å². The van der Waals surface area contributed by atoms with Crippen molar-refractivity contribution < 1.29 is 18.7 Å². The van der Waals surface area contributed by atoms with Crippen LogP contribution in [-0.2, 0) is 0 Å². The molecule has 2 amide bonds. The van der Waals surface area contributed by atoms with Crippen molar-refractivity contribution in [1.82, 2.24) is 10.2 Å². The maximum Gasteiger partial charge on any atom is 0.317 e. The molecule has 2 rings (SSSR count). The molecule has 0 bridgehead atoms. The monoisotopic (exact) mass is 341 g/mol. The molecule has 0 aliphatic carbocycles. The minimum atomic E-state index is -0.942. The first-order valence-corrected chi connectivity index (χ1v) is 8.07. The SMILES string of the molecule is CN(CC(C)(C)O)C(=O)NCC1CCN(c2ccc(F)c(F)c2)C1. The summed E-state index contributed by atoms with van der Waals surface area (Å²) in [6.07, 6.45) is 0.870. The highest BCUT2D eigenvalue weighted by molar-refractivity contribution is 5.73. The molecule has 1 aromatic carbocycles. The lowest BCUT2D eigenvalue weighted by molar-refractivity contribution is 0.0531. The van der Waals surface area contributed by atoms with Crippen LogP contribution in [0.4, 0.5) is 19.3 Å². The summed E-state index contributed by atoms with van der Waals surface area (Å²) < 4.78 is 26.3. The Morgan fingerprint density at radius 2 is 2.12 bits per heavy atom. The van der Waals surface area contributed by atoms with E-state index in [1.807, 2.05) is 4.90 Å². The highest BCUT2D eigenvalue weighted by atomic mass is 19.2. The third-order valence-corrected chi connectivity index (χ3v) is 4.07. The van der Waals surface area contributed by atoms with E-state index in [1.165, 1.54) is 11.0 Å². The lowest BCUT2D eigenvalue weighted by Gasteiger charge is -2.26. The quantitative estimate of drug-likeness (QED) is 0.863. The zero-order chi connectivity index (χ0) is 17.9. The van der Waals surface area contributed by atoms with Crippen LogP contribution in [0.2, 0.25) is 0 Å². The predicted molar refractivity (Wildman–Crippen MR) is 89.0 cm³/mol. The van der Waals surface area contributed by atoms with Gasteiger partial charge in [0.15, 0.2) is 11.6 Å². The van der Waals surface area contributed by atoms with Gasteiger partial charge in [0, 0.05) is 38.4 Å². The van der Waals surface area contributed by atoms with Crippen molar-refractivity contribution in [2.75, 3.05) is 38.1 Å². The van der Waals surface area contributed by atoms with Crippen LogP contribution in [0.25, 0.3) is 0 Å². The van der Waals surface area contributed by atoms with Gasteiger partial charge >= 0.3 is 6.03 Å². The van der Waals surface area contributed by atoms with Crippen molar-refractivity contribution in [2.24, 2.45) is 5.92 Å². The van der Waals surface area contributed by atoms with E-state index >= 15 is 0 Å². The Bertz CT molecular complexity index is 590. The molecule has 1 fully saturated rings. The molecule has 24 heavy (non-hydrogen) atoms. The average molecular weight is 341 g/mol. The first kappa shape index (κ1) is 18.4. The van der Waals surface area contributed by atoms with Gasteiger partial charge in [0.25, 0.3) is 0 Å². The summed E-state index contributed by atoms with van der Waals surface area (Å²) in [4.78, 5) is 15.4.